The lowest BCUT2D eigenvalue weighted by Gasteiger charge is -2.57. The molecular weight excluding hydrogens is 282 g/mol. The number of nitrogen functional groups attached to an aromatic ring is 1. The maximum atomic E-state index is 12.5. The number of nitrogens with two attached hydrogens (primary N) is 1. The van der Waals surface area contributed by atoms with Crippen molar-refractivity contribution >= 4 is 22.4 Å². The number of hydrogen-bond donors (Lipinski definition) is 1. The van der Waals surface area contributed by atoms with Crippen LogP contribution in [0.4, 0.5) is 5.13 Å². The summed E-state index contributed by atoms with van der Waals surface area (Å²) in [4.78, 5) is 18.5. The molecule has 4 nitrogen and oxygen atoms in total. The van der Waals surface area contributed by atoms with Gasteiger partial charge in [-0.15, -0.1) is 11.3 Å². The smallest absolute Gasteiger partial charge is 0.273 e. The molecule has 1 aromatic heterocycles. The number of anilines is 1. The average Bonchev–Trinajstić information content (AvgIpc) is 2.82. The van der Waals surface area contributed by atoms with Crippen LogP contribution in [0.25, 0.3) is 0 Å². The molecule has 4 bridgehead atoms. The van der Waals surface area contributed by atoms with Gasteiger partial charge in [0, 0.05) is 19.0 Å². The molecule has 1 heterocycles. The van der Waals surface area contributed by atoms with E-state index >= 15 is 0 Å². The number of nitrogens with zero attached hydrogens (tertiary/aromatic N) is 2. The van der Waals surface area contributed by atoms with Crippen LogP contribution in [0, 0.1) is 23.2 Å². The fourth-order valence-electron chi connectivity index (χ4n) is 5.64. The summed E-state index contributed by atoms with van der Waals surface area (Å²) >= 11 is 1.34. The molecule has 0 unspecified atom stereocenters. The van der Waals surface area contributed by atoms with Gasteiger partial charge in [0.2, 0.25) is 0 Å². The Morgan fingerprint density at radius 3 is 2.38 bits per heavy atom. The number of rotatable bonds is 3. The monoisotopic (exact) mass is 305 g/mol. The average molecular weight is 305 g/mol. The minimum Gasteiger partial charge on any atom is -0.375 e. The van der Waals surface area contributed by atoms with Crippen molar-refractivity contribution in [3.05, 3.63) is 11.1 Å². The van der Waals surface area contributed by atoms with E-state index in [1.807, 2.05) is 11.9 Å². The zero-order valence-corrected chi connectivity index (χ0v) is 13.4. The highest BCUT2D eigenvalue weighted by atomic mass is 32.1. The van der Waals surface area contributed by atoms with Crippen LogP contribution < -0.4 is 5.73 Å². The third-order valence-electron chi connectivity index (χ3n) is 5.83. The van der Waals surface area contributed by atoms with Crippen molar-refractivity contribution in [2.24, 2.45) is 23.2 Å². The molecule has 4 aliphatic carbocycles. The molecule has 0 aliphatic heterocycles. The first-order chi connectivity index (χ1) is 10.0. The van der Waals surface area contributed by atoms with E-state index in [9.17, 15) is 4.79 Å². The van der Waals surface area contributed by atoms with E-state index in [-0.39, 0.29) is 5.91 Å². The predicted molar refractivity (Wildman–Crippen MR) is 84.1 cm³/mol. The number of hydrogen-bond acceptors (Lipinski definition) is 4. The molecule has 4 aliphatic rings. The fraction of sp³-hybridized carbons (Fsp3) is 0.750. The van der Waals surface area contributed by atoms with Crippen LogP contribution in [-0.4, -0.2) is 29.4 Å². The van der Waals surface area contributed by atoms with Crippen LogP contribution in [0.5, 0.6) is 0 Å². The van der Waals surface area contributed by atoms with Gasteiger partial charge in [-0.25, -0.2) is 4.98 Å². The Morgan fingerprint density at radius 2 is 1.90 bits per heavy atom. The molecule has 1 amide bonds. The van der Waals surface area contributed by atoms with Gasteiger partial charge in [0.05, 0.1) is 0 Å². The number of carbonyl (C=O) groups is 1. The lowest BCUT2D eigenvalue weighted by Crippen LogP contribution is -2.51. The van der Waals surface area contributed by atoms with Crippen LogP contribution in [0.15, 0.2) is 5.38 Å². The van der Waals surface area contributed by atoms with Gasteiger partial charge in [-0.1, -0.05) is 0 Å². The number of aromatic nitrogens is 1. The number of amides is 1. The molecule has 114 valence electrons. The van der Waals surface area contributed by atoms with E-state index in [0.29, 0.717) is 16.2 Å². The van der Waals surface area contributed by atoms with Crippen molar-refractivity contribution in [2.45, 2.75) is 38.5 Å². The summed E-state index contributed by atoms with van der Waals surface area (Å²) in [6, 6.07) is 0. The van der Waals surface area contributed by atoms with Gasteiger partial charge in [-0.2, -0.15) is 0 Å². The molecule has 0 spiro atoms. The van der Waals surface area contributed by atoms with Gasteiger partial charge in [-0.05, 0) is 61.7 Å². The standard InChI is InChI=1S/C16H23N3OS/c1-19(14(20)13-8-21-15(17)18-13)9-16-5-10-2-11(6-16)4-12(3-10)7-16/h8,10-12H,2-7,9H2,1H3,(H2,17,18). The third kappa shape index (κ3) is 2.35. The summed E-state index contributed by atoms with van der Waals surface area (Å²) in [5.74, 6) is 2.80. The number of carbonyl (C=O) groups excluding carboxylic acids is 1. The maximum absolute atomic E-state index is 12.5. The highest BCUT2D eigenvalue weighted by Crippen LogP contribution is 2.60. The van der Waals surface area contributed by atoms with E-state index in [1.165, 1.54) is 49.9 Å². The summed E-state index contributed by atoms with van der Waals surface area (Å²) in [5.41, 5.74) is 6.53. The summed E-state index contributed by atoms with van der Waals surface area (Å²) in [7, 11) is 1.93. The van der Waals surface area contributed by atoms with Crippen LogP contribution in [-0.2, 0) is 0 Å². The SMILES string of the molecule is CN(CC12CC3CC(CC(C3)C1)C2)C(=O)c1csc(N)n1. The van der Waals surface area contributed by atoms with Gasteiger partial charge in [0.15, 0.2) is 5.13 Å². The van der Waals surface area contributed by atoms with Gasteiger partial charge in [0.1, 0.15) is 5.69 Å². The highest BCUT2D eigenvalue weighted by Gasteiger charge is 2.51. The molecular formula is C16H23N3OS. The summed E-state index contributed by atoms with van der Waals surface area (Å²) in [5, 5.41) is 2.25. The molecule has 0 radical (unpaired) electrons. The van der Waals surface area contributed by atoms with Gasteiger partial charge in [-0.3, -0.25) is 4.79 Å². The van der Waals surface area contributed by atoms with Crippen LogP contribution in [0.2, 0.25) is 0 Å². The number of thiazole rings is 1. The second kappa shape index (κ2) is 4.70. The Kier molecular flexibility index (Phi) is 3.03. The topological polar surface area (TPSA) is 59.2 Å². The highest BCUT2D eigenvalue weighted by molar-refractivity contribution is 7.13. The van der Waals surface area contributed by atoms with Crippen molar-refractivity contribution in [3.63, 3.8) is 0 Å². The zero-order chi connectivity index (χ0) is 14.6. The van der Waals surface area contributed by atoms with E-state index in [0.717, 1.165) is 24.3 Å². The first-order valence-electron chi connectivity index (χ1n) is 7.99. The second-order valence-corrected chi connectivity index (χ2v) is 8.54. The molecule has 4 fully saturated rings. The molecule has 0 atom stereocenters. The van der Waals surface area contributed by atoms with Crippen LogP contribution in [0.1, 0.15) is 49.0 Å². The Balaban J connectivity index is 1.49. The Hall–Kier alpha value is -1.10. The van der Waals surface area contributed by atoms with E-state index in [4.69, 9.17) is 5.73 Å². The van der Waals surface area contributed by atoms with Crippen molar-refractivity contribution in [1.82, 2.24) is 9.88 Å². The lowest BCUT2D eigenvalue weighted by atomic mass is 9.49. The summed E-state index contributed by atoms with van der Waals surface area (Å²) in [6.45, 7) is 0.896. The normalized spacial score (nSPS) is 36.9. The Labute approximate surface area is 129 Å². The molecule has 2 N–H and O–H groups in total. The molecule has 4 saturated carbocycles. The summed E-state index contributed by atoms with van der Waals surface area (Å²) < 4.78 is 0. The molecule has 0 saturated heterocycles. The fourth-order valence-corrected chi connectivity index (χ4v) is 6.18. The predicted octanol–water partition coefficient (Wildman–Crippen LogP) is 3.01. The van der Waals surface area contributed by atoms with Gasteiger partial charge in [0.25, 0.3) is 5.91 Å². The van der Waals surface area contributed by atoms with Crippen LogP contribution in [0.3, 0.4) is 0 Å². The Bertz CT molecular complexity index is 532. The van der Waals surface area contributed by atoms with E-state index in [2.05, 4.69) is 4.98 Å². The van der Waals surface area contributed by atoms with Crippen LogP contribution >= 0.6 is 11.3 Å². The molecule has 5 heteroatoms. The molecule has 5 rings (SSSR count). The second-order valence-electron chi connectivity index (χ2n) is 7.65. The molecule has 21 heavy (non-hydrogen) atoms. The third-order valence-corrected chi connectivity index (χ3v) is 6.50. The Morgan fingerprint density at radius 1 is 1.33 bits per heavy atom. The lowest BCUT2D eigenvalue weighted by molar-refractivity contribution is -0.0629. The van der Waals surface area contributed by atoms with E-state index < -0.39 is 0 Å². The van der Waals surface area contributed by atoms with Crippen molar-refractivity contribution in [3.8, 4) is 0 Å². The summed E-state index contributed by atoms with van der Waals surface area (Å²) in [6.07, 6.45) is 8.32. The minimum absolute atomic E-state index is 0.0266. The minimum atomic E-state index is 0.0266. The van der Waals surface area contributed by atoms with Gasteiger partial charge < -0.3 is 10.6 Å². The van der Waals surface area contributed by atoms with Gasteiger partial charge >= 0.3 is 0 Å². The van der Waals surface area contributed by atoms with E-state index in [1.54, 1.807) is 5.38 Å². The van der Waals surface area contributed by atoms with Crippen molar-refractivity contribution in [2.75, 3.05) is 19.3 Å². The first kappa shape index (κ1) is 13.6. The maximum Gasteiger partial charge on any atom is 0.273 e. The van der Waals surface area contributed by atoms with Crippen molar-refractivity contribution < 1.29 is 4.79 Å². The molecule has 0 aromatic carbocycles. The largest absolute Gasteiger partial charge is 0.375 e. The quantitative estimate of drug-likeness (QED) is 0.934. The van der Waals surface area contributed by atoms with Crippen molar-refractivity contribution in [1.29, 1.82) is 0 Å². The zero-order valence-electron chi connectivity index (χ0n) is 12.5. The first-order valence-corrected chi connectivity index (χ1v) is 8.87. The molecule has 1 aromatic rings.